The summed E-state index contributed by atoms with van der Waals surface area (Å²) < 4.78 is 4.70. The van der Waals surface area contributed by atoms with E-state index in [9.17, 15) is 4.79 Å². The highest BCUT2D eigenvalue weighted by Crippen LogP contribution is 1.88. The molecule has 0 bridgehead atoms. The van der Waals surface area contributed by atoms with Gasteiger partial charge in [0.1, 0.15) is 0 Å². The van der Waals surface area contributed by atoms with Crippen molar-refractivity contribution in [3.63, 3.8) is 0 Å². The molecule has 72 valence electrons. The summed E-state index contributed by atoms with van der Waals surface area (Å²) in [6.07, 6.45) is -1.70. The molecule has 0 aromatic heterocycles. The van der Waals surface area contributed by atoms with Gasteiger partial charge in [0, 0.05) is 6.54 Å². The summed E-state index contributed by atoms with van der Waals surface area (Å²) in [6.45, 7) is 3.08. The van der Waals surface area contributed by atoms with E-state index in [0.717, 1.165) is 0 Å². The first-order valence-corrected chi connectivity index (χ1v) is 3.79. The minimum absolute atomic E-state index is 0.00204. The first-order chi connectivity index (χ1) is 5.56. The number of aliphatic hydroxyl groups is 2. The highest BCUT2D eigenvalue weighted by Gasteiger charge is 2.07. The Hall–Kier alpha value is -0.810. The molecular formula is C7H15NO4. The van der Waals surface area contributed by atoms with E-state index in [0.29, 0.717) is 0 Å². The summed E-state index contributed by atoms with van der Waals surface area (Å²) in [5.41, 5.74) is 0. The van der Waals surface area contributed by atoms with Gasteiger partial charge in [-0.3, -0.25) is 0 Å². The molecule has 0 saturated heterocycles. The predicted octanol–water partition coefficient (Wildman–Crippen LogP) is -0.526. The lowest BCUT2D eigenvalue weighted by Crippen LogP contribution is -2.35. The van der Waals surface area contributed by atoms with Crippen LogP contribution in [0.1, 0.15) is 13.8 Å². The van der Waals surface area contributed by atoms with Gasteiger partial charge in [0.15, 0.2) is 0 Å². The molecule has 0 heterocycles. The molecule has 0 fully saturated rings. The average molecular weight is 177 g/mol. The summed E-state index contributed by atoms with van der Waals surface area (Å²) in [6, 6.07) is 0. The molecule has 0 spiro atoms. The van der Waals surface area contributed by atoms with Crippen LogP contribution in [0.15, 0.2) is 0 Å². The molecule has 5 heteroatoms. The molecule has 0 aliphatic rings. The zero-order chi connectivity index (χ0) is 9.56. The third-order valence-electron chi connectivity index (χ3n) is 1.04. The van der Waals surface area contributed by atoms with Crippen molar-refractivity contribution in [3.8, 4) is 0 Å². The highest BCUT2D eigenvalue weighted by atomic mass is 16.6. The number of hydrogen-bond acceptors (Lipinski definition) is 4. The number of amides is 1. The molecular weight excluding hydrogens is 162 g/mol. The largest absolute Gasteiger partial charge is 0.447 e. The Morgan fingerprint density at radius 3 is 2.58 bits per heavy atom. The maximum absolute atomic E-state index is 10.7. The lowest BCUT2D eigenvalue weighted by atomic mass is 10.4. The second-order valence-electron chi connectivity index (χ2n) is 2.67. The van der Waals surface area contributed by atoms with Crippen LogP contribution in [0.25, 0.3) is 0 Å². The van der Waals surface area contributed by atoms with Crippen molar-refractivity contribution < 1.29 is 19.7 Å². The standard InChI is InChI=1S/C7H15NO4/c1-5(2)12-7(11)8-3-6(10)4-9/h5-6,9-10H,3-4H2,1-2H3,(H,8,11). The molecule has 0 radical (unpaired) electrons. The fraction of sp³-hybridized carbons (Fsp3) is 0.857. The van der Waals surface area contributed by atoms with E-state index < -0.39 is 12.2 Å². The Labute approximate surface area is 71.3 Å². The second-order valence-corrected chi connectivity index (χ2v) is 2.67. The minimum atomic E-state index is -0.926. The van der Waals surface area contributed by atoms with Crippen molar-refractivity contribution in [1.82, 2.24) is 5.32 Å². The molecule has 0 aliphatic heterocycles. The van der Waals surface area contributed by atoms with E-state index in [1.165, 1.54) is 0 Å². The lowest BCUT2D eigenvalue weighted by molar-refractivity contribution is 0.0822. The fourth-order valence-electron chi connectivity index (χ4n) is 0.521. The van der Waals surface area contributed by atoms with Gasteiger partial charge < -0.3 is 20.3 Å². The Balaban J connectivity index is 3.44. The zero-order valence-corrected chi connectivity index (χ0v) is 7.28. The summed E-state index contributed by atoms with van der Waals surface area (Å²) in [7, 11) is 0. The van der Waals surface area contributed by atoms with Crippen LogP contribution in [0, 0.1) is 0 Å². The lowest BCUT2D eigenvalue weighted by Gasteiger charge is -2.11. The Kier molecular flexibility index (Phi) is 5.40. The van der Waals surface area contributed by atoms with E-state index in [2.05, 4.69) is 5.32 Å². The van der Waals surface area contributed by atoms with Crippen LogP contribution in [-0.4, -0.2) is 41.7 Å². The van der Waals surface area contributed by atoms with Crippen LogP contribution >= 0.6 is 0 Å². The molecule has 0 saturated carbocycles. The van der Waals surface area contributed by atoms with Crippen LogP contribution in [0.2, 0.25) is 0 Å². The Morgan fingerprint density at radius 2 is 2.17 bits per heavy atom. The number of aliphatic hydroxyl groups excluding tert-OH is 2. The van der Waals surface area contributed by atoms with E-state index in [4.69, 9.17) is 14.9 Å². The molecule has 0 aromatic rings. The monoisotopic (exact) mass is 177 g/mol. The van der Waals surface area contributed by atoms with Gasteiger partial charge in [0.25, 0.3) is 0 Å². The van der Waals surface area contributed by atoms with Crippen molar-refractivity contribution in [2.24, 2.45) is 0 Å². The summed E-state index contributed by atoms with van der Waals surface area (Å²) in [5, 5.41) is 19.5. The summed E-state index contributed by atoms with van der Waals surface area (Å²) >= 11 is 0. The fourth-order valence-corrected chi connectivity index (χ4v) is 0.521. The van der Waals surface area contributed by atoms with Crippen LogP contribution in [0.4, 0.5) is 4.79 Å². The molecule has 12 heavy (non-hydrogen) atoms. The van der Waals surface area contributed by atoms with E-state index in [-0.39, 0.29) is 19.3 Å². The van der Waals surface area contributed by atoms with E-state index in [1.54, 1.807) is 13.8 Å². The number of hydrogen-bond donors (Lipinski definition) is 3. The second kappa shape index (κ2) is 5.79. The quantitative estimate of drug-likeness (QED) is 0.539. The average Bonchev–Trinajstić information content (AvgIpc) is 1.99. The van der Waals surface area contributed by atoms with Gasteiger partial charge in [-0.1, -0.05) is 0 Å². The number of ether oxygens (including phenoxy) is 1. The van der Waals surface area contributed by atoms with Crippen molar-refractivity contribution in [1.29, 1.82) is 0 Å². The number of rotatable bonds is 4. The van der Waals surface area contributed by atoms with Crippen LogP contribution in [0.5, 0.6) is 0 Å². The molecule has 5 nitrogen and oxygen atoms in total. The van der Waals surface area contributed by atoms with Gasteiger partial charge in [-0.25, -0.2) is 4.79 Å². The first kappa shape index (κ1) is 11.2. The van der Waals surface area contributed by atoms with Crippen molar-refractivity contribution in [2.45, 2.75) is 26.1 Å². The summed E-state index contributed by atoms with van der Waals surface area (Å²) in [5.74, 6) is 0. The first-order valence-electron chi connectivity index (χ1n) is 3.79. The SMILES string of the molecule is CC(C)OC(=O)NCC(O)CO. The third-order valence-corrected chi connectivity index (χ3v) is 1.04. The maximum Gasteiger partial charge on any atom is 0.407 e. The molecule has 0 rings (SSSR count). The summed E-state index contributed by atoms with van der Waals surface area (Å²) in [4.78, 5) is 10.7. The van der Waals surface area contributed by atoms with E-state index in [1.807, 2.05) is 0 Å². The molecule has 3 N–H and O–H groups in total. The highest BCUT2D eigenvalue weighted by molar-refractivity contribution is 5.67. The van der Waals surface area contributed by atoms with Crippen LogP contribution < -0.4 is 5.32 Å². The number of nitrogens with one attached hydrogen (secondary N) is 1. The Bertz CT molecular complexity index is 137. The van der Waals surface area contributed by atoms with Crippen molar-refractivity contribution >= 4 is 6.09 Å². The van der Waals surface area contributed by atoms with Gasteiger partial charge in [-0.2, -0.15) is 0 Å². The topological polar surface area (TPSA) is 78.8 Å². The molecule has 0 aliphatic carbocycles. The number of carbonyl (C=O) groups is 1. The van der Waals surface area contributed by atoms with Gasteiger partial charge in [-0.05, 0) is 13.8 Å². The smallest absolute Gasteiger partial charge is 0.407 e. The van der Waals surface area contributed by atoms with Gasteiger partial charge in [0.2, 0.25) is 0 Å². The van der Waals surface area contributed by atoms with Crippen LogP contribution in [0.3, 0.4) is 0 Å². The zero-order valence-electron chi connectivity index (χ0n) is 7.28. The van der Waals surface area contributed by atoms with Gasteiger partial charge in [-0.15, -0.1) is 0 Å². The third kappa shape index (κ3) is 5.94. The molecule has 1 amide bonds. The molecule has 1 unspecified atom stereocenters. The molecule has 0 aromatic carbocycles. The normalized spacial score (nSPS) is 12.8. The van der Waals surface area contributed by atoms with Crippen molar-refractivity contribution in [2.75, 3.05) is 13.2 Å². The van der Waals surface area contributed by atoms with Crippen molar-refractivity contribution in [3.05, 3.63) is 0 Å². The van der Waals surface area contributed by atoms with E-state index >= 15 is 0 Å². The molecule has 1 atom stereocenters. The maximum atomic E-state index is 10.7. The Morgan fingerprint density at radius 1 is 1.58 bits per heavy atom. The van der Waals surface area contributed by atoms with Gasteiger partial charge >= 0.3 is 6.09 Å². The minimum Gasteiger partial charge on any atom is -0.447 e. The number of alkyl carbamates (subject to hydrolysis) is 1. The van der Waals surface area contributed by atoms with Gasteiger partial charge in [0.05, 0.1) is 18.8 Å². The number of carbonyl (C=O) groups excluding carboxylic acids is 1. The van der Waals surface area contributed by atoms with Crippen LogP contribution in [-0.2, 0) is 4.74 Å². The predicted molar refractivity (Wildman–Crippen MR) is 42.7 cm³/mol.